The summed E-state index contributed by atoms with van der Waals surface area (Å²) in [5, 5.41) is 2.29. The van der Waals surface area contributed by atoms with Gasteiger partial charge in [0.25, 0.3) is 0 Å². The number of likely N-dealkylation sites (N-methyl/N-ethyl adjacent to an activating group) is 1. The third kappa shape index (κ3) is 4.09. The fraction of sp³-hybridized carbons (Fsp3) is 0.0769. The molecule has 1 aromatic heterocycles. The van der Waals surface area contributed by atoms with Crippen LogP contribution in [0.1, 0.15) is 22.9 Å². The molecule has 0 spiro atoms. The average Bonchev–Trinajstić information content (AvgIpc) is 2.79. The lowest BCUT2D eigenvalue weighted by Gasteiger charge is -2.27. The van der Waals surface area contributed by atoms with E-state index in [1.165, 1.54) is 0 Å². The van der Waals surface area contributed by atoms with Gasteiger partial charge >= 0.3 is 0 Å². The Morgan fingerprint density at radius 1 is 0.862 bits per heavy atom. The molecule has 142 valence electrons. The van der Waals surface area contributed by atoms with Gasteiger partial charge in [-0.05, 0) is 40.1 Å². The fourth-order valence-electron chi connectivity index (χ4n) is 3.57. The van der Waals surface area contributed by atoms with Gasteiger partial charge in [0.2, 0.25) is 5.91 Å². The van der Waals surface area contributed by atoms with Crippen molar-refractivity contribution in [3.8, 4) is 0 Å². The SMILES string of the molecule is CN(C(=O)C=Cc1cccc2ccccc12)C(c1ccccc1)c1ccccn1. The van der Waals surface area contributed by atoms with Gasteiger partial charge in [0.1, 0.15) is 0 Å². The van der Waals surface area contributed by atoms with E-state index in [0.717, 1.165) is 27.6 Å². The standard InChI is InChI=1S/C26H22N2O/c1-28(26(22-11-3-2-4-12-22)24-16-7-8-19-27-24)25(29)18-17-21-14-9-13-20-10-5-6-15-23(20)21/h2-19,26H,1H3. The summed E-state index contributed by atoms with van der Waals surface area (Å²) in [4.78, 5) is 19.3. The maximum Gasteiger partial charge on any atom is 0.247 e. The second-order valence-electron chi connectivity index (χ2n) is 6.92. The van der Waals surface area contributed by atoms with Crippen molar-refractivity contribution in [1.82, 2.24) is 9.88 Å². The topological polar surface area (TPSA) is 33.2 Å². The average molecular weight is 378 g/mol. The summed E-state index contributed by atoms with van der Waals surface area (Å²) in [6.07, 6.45) is 5.29. The molecule has 29 heavy (non-hydrogen) atoms. The van der Waals surface area contributed by atoms with Crippen LogP contribution in [-0.4, -0.2) is 22.8 Å². The number of carbonyl (C=O) groups is 1. The molecule has 0 bridgehead atoms. The van der Waals surface area contributed by atoms with E-state index >= 15 is 0 Å². The molecule has 3 aromatic carbocycles. The lowest BCUT2D eigenvalue weighted by molar-refractivity contribution is -0.126. The molecule has 0 aliphatic carbocycles. The van der Waals surface area contributed by atoms with Crippen molar-refractivity contribution in [3.05, 3.63) is 120 Å². The number of hydrogen-bond donors (Lipinski definition) is 0. The molecular weight excluding hydrogens is 356 g/mol. The van der Waals surface area contributed by atoms with E-state index < -0.39 is 0 Å². The maximum atomic E-state index is 13.1. The zero-order valence-electron chi connectivity index (χ0n) is 16.3. The number of fused-ring (bicyclic) bond motifs is 1. The van der Waals surface area contributed by atoms with Crippen LogP contribution in [0, 0.1) is 0 Å². The summed E-state index contributed by atoms with van der Waals surface area (Å²) in [6, 6.07) is 29.8. The molecule has 4 rings (SSSR count). The quantitative estimate of drug-likeness (QED) is 0.430. The lowest BCUT2D eigenvalue weighted by atomic mass is 10.0. The van der Waals surface area contributed by atoms with Crippen LogP contribution in [0.3, 0.4) is 0 Å². The van der Waals surface area contributed by atoms with Crippen LogP contribution in [0.4, 0.5) is 0 Å². The highest BCUT2D eigenvalue weighted by atomic mass is 16.2. The van der Waals surface area contributed by atoms with Gasteiger partial charge < -0.3 is 4.90 Å². The van der Waals surface area contributed by atoms with Crippen LogP contribution in [-0.2, 0) is 4.79 Å². The minimum atomic E-state index is -0.248. The van der Waals surface area contributed by atoms with E-state index in [1.54, 1.807) is 17.2 Å². The van der Waals surface area contributed by atoms with E-state index in [-0.39, 0.29) is 11.9 Å². The number of benzene rings is 3. The minimum absolute atomic E-state index is 0.0718. The summed E-state index contributed by atoms with van der Waals surface area (Å²) in [5.41, 5.74) is 2.90. The number of hydrogen-bond acceptors (Lipinski definition) is 2. The Bertz CT molecular complexity index is 1090. The van der Waals surface area contributed by atoms with Crippen LogP contribution in [0.2, 0.25) is 0 Å². The maximum absolute atomic E-state index is 13.1. The molecule has 1 atom stereocenters. The number of pyridine rings is 1. The molecule has 0 radical (unpaired) electrons. The van der Waals surface area contributed by atoms with Crippen LogP contribution in [0.15, 0.2) is 103 Å². The van der Waals surface area contributed by atoms with Gasteiger partial charge in [-0.1, -0.05) is 78.9 Å². The lowest BCUT2D eigenvalue weighted by Crippen LogP contribution is -2.31. The Morgan fingerprint density at radius 2 is 1.59 bits per heavy atom. The zero-order valence-corrected chi connectivity index (χ0v) is 16.3. The molecule has 0 saturated carbocycles. The van der Waals surface area contributed by atoms with Crippen LogP contribution >= 0.6 is 0 Å². The monoisotopic (exact) mass is 378 g/mol. The summed E-state index contributed by atoms with van der Waals surface area (Å²) in [7, 11) is 1.82. The van der Waals surface area contributed by atoms with E-state index in [9.17, 15) is 4.79 Å². The van der Waals surface area contributed by atoms with Gasteiger partial charge in [0.15, 0.2) is 0 Å². The molecule has 0 saturated heterocycles. The number of nitrogens with zero attached hydrogens (tertiary/aromatic N) is 2. The largest absolute Gasteiger partial charge is 0.329 e. The van der Waals surface area contributed by atoms with Gasteiger partial charge in [0, 0.05) is 19.3 Å². The molecule has 1 unspecified atom stereocenters. The molecule has 0 fully saturated rings. The van der Waals surface area contributed by atoms with E-state index in [0.29, 0.717) is 0 Å². The highest BCUT2D eigenvalue weighted by Gasteiger charge is 2.23. The first-order valence-electron chi connectivity index (χ1n) is 9.62. The molecule has 0 aliphatic heterocycles. The molecule has 4 aromatic rings. The van der Waals surface area contributed by atoms with Crippen molar-refractivity contribution in [1.29, 1.82) is 0 Å². The van der Waals surface area contributed by atoms with Gasteiger partial charge in [-0.3, -0.25) is 9.78 Å². The normalized spacial score (nSPS) is 12.2. The number of rotatable bonds is 5. The summed E-state index contributed by atoms with van der Waals surface area (Å²) in [5.74, 6) is -0.0718. The van der Waals surface area contributed by atoms with E-state index in [1.807, 2.05) is 85.9 Å². The predicted molar refractivity (Wildman–Crippen MR) is 118 cm³/mol. The molecular formula is C26H22N2O. The number of carbonyl (C=O) groups excluding carboxylic acids is 1. The highest BCUT2D eigenvalue weighted by molar-refractivity contribution is 5.96. The first-order chi connectivity index (χ1) is 14.2. The second-order valence-corrected chi connectivity index (χ2v) is 6.92. The fourth-order valence-corrected chi connectivity index (χ4v) is 3.57. The van der Waals surface area contributed by atoms with Crippen molar-refractivity contribution in [2.24, 2.45) is 0 Å². The first-order valence-corrected chi connectivity index (χ1v) is 9.62. The predicted octanol–water partition coefficient (Wildman–Crippen LogP) is 5.50. The summed E-state index contributed by atoms with van der Waals surface area (Å²) in [6.45, 7) is 0. The third-order valence-electron chi connectivity index (χ3n) is 5.05. The van der Waals surface area contributed by atoms with Gasteiger partial charge in [-0.15, -0.1) is 0 Å². The van der Waals surface area contributed by atoms with Gasteiger partial charge in [-0.2, -0.15) is 0 Å². The Labute approximate surface area is 171 Å². The second kappa shape index (κ2) is 8.53. The Morgan fingerprint density at radius 3 is 2.38 bits per heavy atom. The Balaban J connectivity index is 1.65. The molecule has 1 heterocycles. The smallest absolute Gasteiger partial charge is 0.247 e. The van der Waals surface area contributed by atoms with E-state index in [4.69, 9.17) is 0 Å². The van der Waals surface area contributed by atoms with Crippen molar-refractivity contribution < 1.29 is 4.79 Å². The first kappa shape index (κ1) is 18.6. The Kier molecular flexibility index (Phi) is 5.48. The highest BCUT2D eigenvalue weighted by Crippen LogP contribution is 2.26. The summed E-state index contributed by atoms with van der Waals surface area (Å²) < 4.78 is 0. The van der Waals surface area contributed by atoms with Crippen LogP contribution in [0.25, 0.3) is 16.8 Å². The Hall–Kier alpha value is -3.72. The van der Waals surface area contributed by atoms with Gasteiger partial charge in [-0.25, -0.2) is 0 Å². The van der Waals surface area contributed by atoms with Gasteiger partial charge in [0.05, 0.1) is 11.7 Å². The van der Waals surface area contributed by atoms with Crippen molar-refractivity contribution in [2.75, 3.05) is 7.05 Å². The third-order valence-corrected chi connectivity index (χ3v) is 5.05. The van der Waals surface area contributed by atoms with E-state index in [2.05, 4.69) is 23.2 Å². The number of aromatic nitrogens is 1. The zero-order chi connectivity index (χ0) is 20.1. The summed E-state index contributed by atoms with van der Waals surface area (Å²) >= 11 is 0. The minimum Gasteiger partial charge on any atom is -0.329 e. The van der Waals surface area contributed by atoms with Crippen molar-refractivity contribution in [2.45, 2.75) is 6.04 Å². The molecule has 0 aliphatic rings. The van der Waals surface area contributed by atoms with Crippen molar-refractivity contribution in [3.63, 3.8) is 0 Å². The van der Waals surface area contributed by atoms with Crippen LogP contribution in [0.5, 0.6) is 0 Å². The molecule has 1 amide bonds. The molecule has 3 heteroatoms. The number of amides is 1. The molecule has 3 nitrogen and oxygen atoms in total. The van der Waals surface area contributed by atoms with Crippen LogP contribution < -0.4 is 0 Å². The van der Waals surface area contributed by atoms with Crippen molar-refractivity contribution >= 4 is 22.8 Å². The molecule has 0 N–H and O–H groups in total.